The lowest BCUT2D eigenvalue weighted by Crippen LogP contribution is -2.48. The maximum atomic E-state index is 15.1. The summed E-state index contributed by atoms with van der Waals surface area (Å²) in [4.78, 5) is 17.3. The van der Waals surface area contributed by atoms with Gasteiger partial charge in [-0.25, -0.2) is 8.70 Å². The summed E-state index contributed by atoms with van der Waals surface area (Å²) in [5, 5.41) is 6.90. The molecule has 5 nitrogen and oxygen atoms in total. The Morgan fingerprint density at radius 3 is 2.63 bits per heavy atom. The molecule has 1 unspecified atom stereocenters. The second-order valence-electron chi connectivity index (χ2n) is 10.4. The van der Waals surface area contributed by atoms with E-state index in [2.05, 4.69) is 26.8 Å². The predicted molar refractivity (Wildman–Crippen MR) is 161 cm³/mol. The first-order chi connectivity index (χ1) is 19.7. The molecule has 1 amide bonds. The molecule has 0 radical (unpaired) electrons. The van der Waals surface area contributed by atoms with Gasteiger partial charge < -0.3 is 10.6 Å². The van der Waals surface area contributed by atoms with Gasteiger partial charge in [0.05, 0.1) is 0 Å². The highest BCUT2D eigenvalue weighted by molar-refractivity contribution is 7.97. The van der Waals surface area contributed by atoms with E-state index in [1.807, 2.05) is 11.9 Å². The molecule has 1 saturated heterocycles. The van der Waals surface area contributed by atoms with Crippen molar-refractivity contribution in [3.63, 3.8) is 0 Å². The molecule has 0 bridgehead atoms. The van der Waals surface area contributed by atoms with Crippen LogP contribution in [0.1, 0.15) is 61.4 Å². The van der Waals surface area contributed by atoms with Crippen LogP contribution in [0.25, 0.3) is 0 Å². The van der Waals surface area contributed by atoms with E-state index in [4.69, 9.17) is 11.6 Å². The highest BCUT2D eigenvalue weighted by Gasteiger charge is 2.27. The maximum absolute atomic E-state index is 15.1. The van der Waals surface area contributed by atoms with E-state index in [0.29, 0.717) is 28.3 Å². The normalized spacial score (nSPS) is 16.9. The second kappa shape index (κ2) is 14.5. The molecule has 2 N–H and O–H groups in total. The number of amides is 1. The molecule has 3 aromatic rings. The minimum atomic E-state index is -3.07. The Morgan fingerprint density at radius 2 is 1.95 bits per heavy atom. The van der Waals surface area contributed by atoms with E-state index in [1.165, 1.54) is 18.3 Å². The minimum absolute atomic E-state index is 0.00904. The van der Waals surface area contributed by atoms with Crippen LogP contribution in [-0.4, -0.2) is 46.6 Å². The van der Waals surface area contributed by atoms with Gasteiger partial charge in [0.2, 0.25) is 5.91 Å². The SMILES string of the molecule is CCCSN1CCNC[C@@H]1CCc1c(F)cccc1NC(=O)CC(c1ccc(Cl)cc1)c1ccc(C(C)(F)F)nc1. The van der Waals surface area contributed by atoms with Crippen LogP contribution in [0.15, 0.2) is 60.8 Å². The quantitative estimate of drug-likeness (QED) is 0.211. The van der Waals surface area contributed by atoms with E-state index in [0.717, 1.165) is 50.7 Å². The summed E-state index contributed by atoms with van der Waals surface area (Å²) in [6.45, 7) is 5.66. The monoisotopic (exact) mass is 604 g/mol. The zero-order chi connectivity index (χ0) is 29.4. The van der Waals surface area contributed by atoms with Gasteiger partial charge in [-0.15, -0.1) is 0 Å². The average Bonchev–Trinajstić information content (AvgIpc) is 2.95. The number of carbonyl (C=O) groups excluding carboxylic acids is 1. The third-order valence-electron chi connectivity index (χ3n) is 7.18. The van der Waals surface area contributed by atoms with Crippen LogP contribution >= 0.6 is 23.5 Å². The number of hydrogen-bond donors (Lipinski definition) is 2. The van der Waals surface area contributed by atoms with Gasteiger partial charge in [-0.1, -0.05) is 54.7 Å². The maximum Gasteiger partial charge on any atom is 0.286 e. The summed E-state index contributed by atoms with van der Waals surface area (Å²) < 4.78 is 45.0. The first-order valence-electron chi connectivity index (χ1n) is 13.9. The summed E-state index contributed by atoms with van der Waals surface area (Å²) in [6.07, 6.45) is 3.71. The van der Waals surface area contributed by atoms with Crippen molar-refractivity contribution < 1.29 is 18.0 Å². The van der Waals surface area contributed by atoms with Crippen LogP contribution in [0.5, 0.6) is 0 Å². The molecule has 1 fully saturated rings. The number of anilines is 1. The van der Waals surface area contributed by atoms with Crippen molar-refractivity contribution in [1.29, 1.82) is 0 Å². The molecule has 0 spiro atoms. The zero-order valence-electron chi connectivity index (χ0n) is 23.3. The van der Waals surface area contributed by atoms with Crippen molar-refractivity contribution in [3.05, 3.63) is 94.0 Å². The summed E-state index contributed by atoms with van der Waals surface area (Å²) in [5.41, 5.74) is 1.98. The average molecular weight is 605 g/mol. The molecule has 0 aliphatic carbocycles. The number of carbonyl (C=O) groups is 1. The molecule has 41 heavy (non-hydrogen) atoms. The second-order valence-corrected chi connectivity index (χ2v) is 11.9. The fraction of sp³-hybridized carbons (Fsp3) is 0.419. The lowest BCUT2D eigenvalue weighted by Gasteiger charge is -2.35. The molecule has 1 aliphatic heterocycles. The van der Waals surface area contributed by atoms with Crippen LogP contribution in [0, 0.1) is 5.82 Å². The van der Waals surface area contributed by atoms with Gasteiger partial charge >= 0.3 is 0 Å². The van der Waals surface area contributed by atoms with E-state index in [1.54, 1.807) is 42.5 Å². The van der Waals surface area contributed by atoms with Gasteiger partial charge in [-0.05, 0) is 60.7 Å². The number of halogens is 4. The Hall–Kier alpha value is -2.59. The standard InChI is InChI=1S/C31H36ClF3N4OS/c1-3-17-41-39-16-15-36-20-24(39)12-13-25-27(33)5-4-6-28(25)38-30(40)18-26(21-7-10-23(32)11-8-21)22-9-14-29(37-19-22)31(2,34)35/h4-11,14,19,24,26,36H,3,12-13,15-18,20H2,1-2H3,(H,38,40)/t24-,26?/m0/s1. The van der Waals surface area contributed by atoms with E-state index in [9.17, 15) is 13.6 Å². The van der Waals surface area contributed by atoms with E-state index < -0.39 is 11.8 Å². The molecule has 1 aliphatic rings. The Bertz CT molecular complexity index is 1290. The van der Waals surface area contributed by atoms with Gasteiger partial charge in [0.1, 0.15) is 11.5 Å². The van der Waals surface area contributed by atoms with Crippen molar-refractivity contribution in [2.24, 2.45) is 0 Å². The van der Waals surface area contributed by atoms with Gasteiger partial charge in [0.25, 0.3) is 5.92 Å². The fourth-order valence-electron chi connectivity index (χ4n) is 4.99. The fourth-order valence-corrected chi connectivity index (χ4v) is 6.14. The van der Waals surface area contributed by atoms with Crippen LogP contribution in [0.4, 0.5) is 18.9 Å². The Balaban J connectivity index is 1.51. The van der Waals surface area contributed by atoms with Crippen LogP contribution in [0.2, 0.25) is 5.02 Å². The number of pyridine rings is 1. The molecule has 10 heteroatoms. The lowest BCUT2D eigenvalue weighted by molar-refractivity contribution is -0.116. The lowest BCUT2D eigenvalue weighted by atomic mass is 9.89. The molecule has 2 atom stereocenters. The van der Waals surface area contributed by atoms with Crippen LogP contribution in [-0.2, 0) is 17.1 Å². The number of hydrogen-bond acceptors (Lipinski definition) is 5. The smallest absolute Gasteiger partial charge is 0.286 e. The highest BCUT2D eigenvalue weighted by Crippen LogP contribution is 2.32. The molecule has 2 aromatic carbocycles. The van der Waals surface area contributed by atoms with E-state index in [-0.39, 0.29) is 29.9 Å². The van der Waals surface area contributed by atoms with Gasteiger partial charge in [-0.2, -0.15) is 8.78 Å². The first-order valence-corrected chi connectivity index (χ1v) is 15.2. The van der Waals surface area contributed by atoms with Crippen molar-refractivity contribution in [2.45, 2.75) is 57.4 Å². The summed E-state index contributed by atoms with van der Waals surface area (Å²) >= 11 is 7.92. The summed E-state index contributed by atoms with van der Waals surface area (Å²) in [5.74, 6) is -3.16. The Morgan fingerprint density at radius 1 is 1.20 bits per heavy atom. The number of alkyl halides is 2. The molecule has 4 rings (SSSR count). The van der Waals surface area contributed by atoms with Gasteiger partial charge in [0.15, 0.2) is 0 Å². The Kier molecular flexibility index (Phi) is 11.1. The number of nitrogens with one attached hydrogen (secondary N) is 2. The topological polar surface area (TPSA) is 57.3 Å². The number of piperazine rings is 1. The number of rotatable bonds is 12. The van der Waals surface area contributed by atoms with Crippen LogP contribution in [0.3, 0.4) is 0 Å². The van der Waals surface area contributed by atoms with E-state index >= 15 is 4.39 Å². The first kappa shape index (κ1) is 31.3. The third-order valence-corrected chi connectivity index (χ3v) is 8.83. The largest absolute Gasteiger partial charge is 0.326 e. The number of nitrogens with zero attached hydrogens (tertiary/aromatic N) is 2. The third kappa shape index (κ3) is 8.70. The van der Waals surface area contributed by atoms with Crippen molar-refractivity contribution in [2.75, 3.05) is 30.7 Å². The molecule has 220 valence electrons. The van der Waals surface area contributed by atoms with Crippen molar-refractivity contribution in [1.82, 2.24) is 14.6 Å². The number of benzene rings is 2. The Labute approximate surface area is 249 Å². The van der Waals surface area contributed by atoms with Crippen molar-refractivity contribution >= 4 is 35.1 Å². The predicted octanol–water partition coefficient (Wildman–Crippen LogP) is 7.41. The molecule has 0 saturated carbocycles. The molecule has 2 heterocycles. The van der Waals surface area contributed by atoms with Gasteiger partial charge in [-0.3, -0.25) is 9.78 Å². The summed E-state index contributed by atoms with van der Waals surface area (Å²) in [7, 11) is 0. The zero-order valence-corrected chi connectivity index (χ0v) is 24.9. The number of aromatic nitrogens is 1. The van der Waals surface area contributed by atoms with Crippen LogP contribution < -0.4 is 10.6 Å². The highest BCUT2D eigenvalue weighted by atomic mass is 35.5. The molecular formula is C31H36ClF3N4OS. The van der Waals surface area contributed by atoms with Crippen molar-refractivity contribution in [3.8, 4) is 0 Å². The van der Waals surface area contributed by atoms with Gasteiger partial charge in [0, 0.05) is 73.2 Å². The summed E-state index contributed by atoms with van der Waals surface area (Å²) in [6, 6.07) is 14.9. The minimum Gasteiger partial charge on any atom is -0.326 e. The molecular weight excluding hydrogens is 569 g/mol. The molecule has 1 aromatic heterocycles.